The molecule has 2 aliphatic rings. The van der Waals surface area contributed by atoms with Crippen LogP contribution in [0.1, 0.15) is 49.4 Å². The van der Waals surface area contributed by atoms with Crippen LogP contribution in [-0.2, 0) is 34.8 Å². The first kappa shape index (κ1) is 22.5. The van der Waals surface area contributed by atoms with Crippen molar-refractivity contribution in [2.24, 2.45) is 0 Å². The van der Waals surface area contributed by atoms with Crippen molar-refractivity contribution < 1.29 is 23.8 Å². The molecule has 0 bridgehead atoms. The van der Waals surface area contributed by atoms with Crippen molar-refractivity contribution in [3.05, 3.63) is 56.6 Å². The number of hydrogen-bond acceptors (Lipinski definition) is 7. The fraction of sp³-hybridized carbons (Fsp3) is 0.400. The molecule has 1 aromatic carbocycles. The van der Waals surface area contributed by atoms with E-state index in [-0.39, 0.29) is 48.0 Å². The number of rotatable bonds is 5. The van der Waals surface area contributed by atoms with Crippen LogP contribution in [0.4, 0.5) is 4.39 Å². The van der Waals surface area contributed by atoms with E-state index in [2.05, 4.69) is 5.32 Å². The maximum absolute atomic E-state index is 14.9. The molecule has 4 heterocycles. The van der Waals surface area contributed by atoms with E-state index < -0.39 is 17.4 Å². The van der Waals surface area contributed by atoms with Gasteiger partial charge in [0.1, 0.15) is 6.61 Å². The highest BCUT2D eigenvalue weighted by Crippen LogP contribution is 2.40. The molecule has 178 valence electrons. The number of hydrogen-bond donors (Lipinski definition) is 2. The Morgan fingerprint density at radius 3 is 2.76 bits per heavy atom. The molecule has 0 saturated carbocycles. The fourth-order valence-corrected chi connectivity index (χ4v) is 4.84. The lowest BCUT2D eigenvalue weighted by molar-refractivity contribution is -0.172. The molecule has 0 aliphatic carbocycles. The molecule has 0 amide bonds. The second-order valence-corrected chi connectivity index (χ2v) is 9.07. The lowest BCUT2D eigenvalue weighted by Gasteiger charge is -2.31. The number of aliphatic hydroxyl groups is 1. The summed E-state index contributed by atoms with van der Waals surface area (Å²) in [5.41, 5.74) is 1.18. The molecule has 0 radical (unpaired) electrons. The molecule has 3 aromatic rings. The molecule has 34 heavy (non-hydrogen) atoms. The first-order valence-electron chi connectivity index (χ1n) is 11.3. The number of carbonyl (C=O) groups is 1. The van der Waals surface area contributed by atoms with Crippen LogP contribution in [0.2, 0.25) is 0 Å². The van der Waals surface area contributed by atoms with Gasteiger partial charge in [-0.2, -0.15) is 0 Å². The molecule has 2 N–H and O–H groups in total. The summed E-state index contributed by atoms with van der Waals surface area (Å²) in [7, 11) is 1.43. The van der Waals surface area contributed by atoms with Crippen LogP contribution in [0.25, 0.3) is 22.3 Å². The molecular weight excluding hydrogens is 441 g/mol. The maximum Gasteiger partial charge on any atom is 0.343 e. The number of aromatic nitrogens is 2. The average molecular weight is 467 g/mol. The van der Waals surface area contributed by atoms with Gasteiger partial charge >= 0.3 is 5.97 Å². The number of cyclic esters (lactones) is 1. The summed E-state index contributed by atoms with van der Waals surface area (Å²) in [6, 6.07) is 5.07. The molecule has 5 rings (SSSR count). The zero-order chi connectivity index (χ0) is 24.4. The normalized spacial score (nSPS) is 18.6. The highest BCUT2D eigenvalue weighted by atomic mass is 19.1. The summed E-state index contributed by atoms with van der Waals surface area (Å²) in [5, 5.41) is 15.0. The number of fused-ring (bicyclic) bond motifs is 5. The van der Waals surface area contributed by atoms with Gasteiger partial charge in [0.2, 0.25) is 0 Å². The number of pyridine rings is 2. The van der Waals surface area contributed by atoms with Crippen LogP contribution >= 0.6 is 0 Å². The summed E-state index contributed by atoms with van der Waals surface area (Å²) in [6.07, 6.45) is 0.0664. The van der Waals surface area contributed by atoms with Crippen LogP contribution in [0.15, 0.2) is 23.0 Å². The van der Waals surface area contributed by atoms with Crippen molar-refractivity contribution in [3.63, 3.8) is 0 Å². The predicted molar refractivity (Wildman–Crippen MR) is 123 cm³/mol. The fourth-order valence-electron chi connectivity index (χ4n) is 4.84. The molecule has 1 atom stereocenters. The van der Waals surface area contributed by atoms with Gasteiger partial charge in [0.05, 0.1) is 36.1 Å². The zero-order valence-corrected chi connectivity index (χ0v) is 19.5. The molecule has 0 fully saturated rings. The summed E-state index contributed by atoms with van der Waals surface area (Å²) >= 11 is 0. The quantitative estimate of drug-likeness (QED) is 0.435. The Hall–Kier alpha value is -3.30. The smallest absolute Gasteiger partial charge is 0.343 e. The minimum Gasteiger partial charge on any atom is -0.493 e. The van der Waals surface area contributed by atoms with Gasteiger partial charge < -0.3 is 24.5 Å². The molecule has 8 nitrogen and oxygen atoms in total. The van der Waals surface area contributed by atoms with Crippen LogP contribution < -0.4 is 15.6 Å². The minimum absolute atomic E-state index is 0.0664. The number of nitrogens with zero attached hydrogens (tertiary/aromatic N) is 2. The highest BCUT2D eigenvalue weighted by molar-refractivity contribution is 5.89. The van der Waals surface area contributed by atoms with Gasteiger partial charge in [-0.1, -0.05) is 20.8 Å². The molecule has 0 unspecified atom stereocenters. The Morgan fingerprint density at radius 2 is 2.09 bits per heavy atom. The third-order valence-corrected chi connectivity index (χ3v) is 6.72. The molecular formula is C25H26FN3O5. The van der Waals surface area contributed by atoms with E-state index in [0.29, 0.717) is 29.0 Å². The Kier molecular flexibility index (Phi) is 5.22. The van der Waals surface area contributed by atoms with Crippen molar-refractivity contribution in [2.45, 2.75) is 58.5 Å². The van der Waals surface area contributed by atoms with Crippen molar-refractivity contribution in [3.8, 4) is 17.1 Å². The van der Waals surface area contributed by atoms with Gasteiger partial charge in [0.15, 0.2) is 17.2 Å². The van der Waals surface area contributed by atoms with E-state index in [1.54, 1.807) is 17.6 Å². The molecule has 0 spiro atoms. The van der Waals surface area contributed by atoms with Gasteiger partial charge in [-0.25, -0.2) is 14.2 Å². The molecule has 2 aromatic heterocycles. The lowest BCUT2D eigenvalue weighted by Crippen LogP contribution is -2.44. The first-order valence-corrected chi connectivity index (χ1v) is 11.3. The summed E-state index contributed by atoms with van der Waals surface area (Å²) in [5.74, 6) is -1.13. The third kappa shape index (κ3) is 3.14. The Morgan fingerprint density at radius 1 is 1.32 bits per heavy atom. The van der Waals surface area contributed by atoms with Crippen molar-refractivity contribution >= 4 is 16.9 Å². The number of methoxy groups -OCH3 is 1. The van der Waals surface area contributed by atoms with Gasteiger partial charge in [0.25, 0.3) is 5.56 Å². The van der Waals surface area contributed by atoms with Gasteiger partial charge in [-0.05, 0) is 18.6 Å². The van der Waals surface area contributed by atoms with Crippen LogP contribution in [-0.4, -0.2) is 33.8 Å². The van der Waals surface area contributed by atoms with E-state index in [1.165, 1.54) is 13.2 Å². The zero-order valence-electron chi connectivity index (χ0n) is 19.5. The standard InChI is InChI=1S/C25H26FN3O5/c1-5-25(32)17-7-20-21-13(10-29(20)23(30)16(17)11-34-24(25)31)6-14-15(9-27-12(2)3)22(33-4)18(26)8-19(14)28-21/h6-8,12,27,32H,5,9-11H2,1-4H3/t25-/m0/s1. The van der Waals surface area contributed by atoms with E-state index in [1.807, 2.05) is 19.9 Å². The van der Waals surface area contributed by atoms with Crippen molar-refractivity contribution in [1.82, 2.24) is 14.9 Å². The highest BCUT2D eigenvalue weighted by Gasteiger charge is 2.45. The Bertz CT molecular complexity index is 1410. The SMILES string of the molecule is CC[C@@]1(O)C(=O)OCc2c1cc1n(c2=O)Cc2cc3c(CNC(C)C)c(OC)c(F)cc3nc2-1. The summed E-state index contributed by atoms with van der Waals surface area (Å²) in [6.45, 7) is 6.13. The molecule has 2 aliphatic heterocycles. The number of carbonyl (C=O) groups excluding carboxylic acids is 1. The van der Waals surface area contributed by atoms with Crippen LogP contribution in [0, 0.1) is 5.82 Å². The second-order valence-electron chi connectivity index (χ2n) is 9.07. The molecule has 9 heteroatoms. The summed E-state index contributed by atoms with van der Waals surface area (Å²) in [4.78, 5) is 30.4. The lowest BCUT2D eigenvalue weighted by atomic mass is 9.86. The number of nitrogens with one attached hydrogen (secondary N) is 1. The second kappa shape index (κ2) is 7.89. The number of ether oxygens (including phenoxy) is 2. The molecule has 0 saturated heterocycles. The number of benzene rings is 1. The van der Waals surface area contributed by atoms with Gasteiger partial charge in [-0.3, -0.25) is 4.79 Å². The van der Waals surface area contributed by atoms with Gasteiger partial charge in [0, 0.05) is 40.7 Å². The Labute approximate surface area is 195 Å². The van der Waals surface area contributed by atoms with Crippen LogP contribution in [0.5, 0.6) is 5.75 Å². The average Bonchev–Trinajstić information content (AvgIpc) is 3.16. The number of halogens is 1. The predicted octanol–water partition coefficient (Wildman–Crippen LogP) is 2.73. The largest absolute Gasteiger partial charge is 0.493 e. The Balaban J connectivity index is 1.73. The first-order chi connectivity index (χ1) is 16.2. The maximum atomic E-state index is 14.9. The van der Waals surface area contributed by atoms with E-state index in [0.717, 1.165) is 10.9 Å². The van der Waals surface area contributed by atoms with E-state index >= 15 is 0 Å². The van der Waals surface area contributed by atoms with E-state index in [9.17, 15) is 19.1 Å². The van der Waals surface area contributed by atoms with Crippen molar-refractivity contribution in [2.75, 3.05) is 7.11 Å². The topological polar surface area (TPSA) is 103 Å². The van der Waals surface area contributed by atoms with E-state index in [4.69, 9.17) is 14.5 Å². The summed E-state index contributed by atoms with van der Waals surface area (Å²) < 4.78 is 26.9. The van der Waals surface area contributed by atoms with Crippen LogP contribution in [0.3, 0.4) is 0 Å². The number of esters is 1. The monoisotopic (exact) mass is 467 g/mol. The third-order valence-electron chi connectivity index (χ3n) is 6.72. The van der Waals surface area contributed by atoms with Gasteiger partial charge in [-0.15, -0.1) is 0 Å². The van der Waals surface area contributed by atoms with Crippen molar-refractivity contribution in [1.29, 1.82) is 0 Å². The minimum atomic E-state index is -1.89.